The quantitative estimate of drug-likeness (QED) is 0.818. The summed E-state index contributed by atoms with van der Waals surface area (Å²) in [6.07, 6.45) is 3.99. The molecule has 0 bridgehead atoms. The highest BCUT2D eigenvalue weighted by Gasteiger charge is 2.36. The van der Waals surface area contributed by atoms with Crippen LogP contribution in [0.5, 0.6) is 0 Å². The minimum Gasteiger partial charge on any atom is -0.379 e. The van der Waals surface area contributed by atoms with Crippen molar-refractivity contribution in [1.82, 2.24) is 5.32 Å². The van der Waals surface area contributed by atoms with E-state index in [0.29, 0.717) is 0 Å². The Balaban J connectivity index is 1.90. The van der Waals surface area contributed by atoms with Crippen molar-refractivity contribution in [2.75, 3.05) is 19.8 Å². The molecule has 1 saturated carbocycles. The fourth-order valence-corrected chi connectivity index (χ4v) is 4.67. The summed E-state index contributed by atoms with van der Waals surface area (Å²) in [5.41, 5.74) is 0. The third-order valence-corrected chi connectivity index (χ3v) is 5.77. The average Bonchev–Trinajstić information content (AvgIpc) is 2.22. The summed E-state index contributed by atoms with van der Waals surface area (Å²) < 4.78 is 5.31. The Hall–Kier alpha value is 0.270. The molecule has 0 amide bonds. The van der Waals surface area contributed by atoms with Crippen molar-refractivity contribution in [3.8, 4) is 0 Å². The Bertz CT molecular complexity index is 232. The summed E-state index contributed by atoms with van der Waals surface area (Å²) in [6, 6.07) is 0.722. The highest BCUT2D eigenvalue weighted by atomic mass is 32.2. The van der Waals surface area contributed by atoms with Gasteiger partial charge in [0.05, 0.1) is 18.5 Å². The summed E-state index contributed by atoms with van der Waals surface area (Å²) in [6.45, 7) is 10.2. The Kier molecular flexibility index (Phi) is 5.19. The molecule has 2 nitrogen and oxygen atoms in total. The number of hydrogen-bond donors (Lipinski definition) is 1. The standard InChI is InChI=1S/C14H27NOS/c1-4-5-15-13-7-10(2)6-11(3)14(13)17-12-8-16-9-12/h10-15H,4-9H2,1-3H3. The summed E-state index contributed by atoms with van der Waals surface area (Å²) >= 11 is 2.19. The number of rotatable bonds is 5. The lowest BCUT2D eigenvalue weighted by Crippen LogP contribution is -2.48. The van der Waals surface area contributed by atoms with Gasteiger partial charge in [-0.3, -0.25) is 0 Å². The third kappa shape index (κ3) is 3.62. The van der Waals surface area contributed by atoms with Crippen LogP contribution < -0.4 is 5.32 Å². The Labute approximate surface area is 110 Å². The first-order valence-corrected chi connectivity index (χ1v) is 8.11. The van der Waals surface area contributed by atoms with E-state index in [1.165, 1.54) is 25.8 Å². The van der Waals surface area contributed by atoms with Crippen LogP contribution in [0, 0.1) is 11.8 Å². The first kappa shape index (κ1) is 13.7. The molecule has 1 aliphatic carbocycles. The molecule has 2 rings (SSSR count). The minimum absolute atomic E-state index is 0.722. The molecule has 17 heavy (non-hydrogen) atoms. The van der Waals surface area contributed by atoms with E-state index < -0.39 is 0 Å². The second-order valence-corrected chi connectivity index (χ2v) is 7.36. The van der Waals surface area contributed by atoms with Crippen LogP contribution in [0.4, 0.5) is 0 Å². The van der Waals surface area contributed by atoms with Crippen molar-refractivity contribution in [1.29, 1.82) is 0 Å². The van der Waals surface area contributed by atoms with E-state index in [4.69, 9.17) is 4.74 Å². The molecule has 1 heterocycles. The Morgan fingerprint density at radius 2 is 2.00 bits per heavy atom. The average molecular weight is 257 g/mol. The molecular weight excluding hydrogens is 230 g/mol. The Morgan fingerprint density at radius 1 is 1.24 bits per heavy atom. The van der Waals surface area contributed by atoms with Crippen LogP contribution in [0.25, 0.3) is 0 Å². The van der Waals surface area contributed by atoms with Crippen LogP contribution in [0.3, 0.4) is 0 Å². The second-order valence-electron chi connectivity index (χ2n) is 5.87. The van der Waals surface area contributed by atoms with E-state index in [1.54, 1.807) is 0 Å². The molecule has 0 aromatic carbocycles. The molecule has 0 aromatic heterocycles. The van der Waals surface area contributed by atoms with Gasteiger partial charge in [0.25, 0.3) is 0 Å². The Morgan fingerprint density at radius 3 is 2.59 bits per heavy atom. The largest absolute Gasteiger partial charge is 0.379 e. The van der Waals surface area contributed by atoms with Gasteiger partial charge < -0.3 is 10.1 Å². The molecule has 4 unspecified atom stereocenters. The van der Waals surface area contributed by atoms with Crippen LogP contribution >= 0.6 is 11.8 Å². The zero-order valence-corrected chi connectivity index (χ0v) is 12.3. The van der Waals surface area contributed by atoms with Crippen molar-refractivity contribution in [2.24, 2.45) is 11.8 Å². The summed E-state index contributed by atoms with van der Waals surface area (Å²) in [5.74, 6) is 1.73. The third-order valence-electron chi connectivity index (χ3n) is 4.00. The summed E-state index contributed by atoms with van der Waals surface area (Å²) in [7, 11) is 0. The van der Waals surface area contributed by atoms with E-state index in [9.17, 15) is 0 Å². The van der Waals surface area contributed by atoms with Gasteiger partial charge >= 0.3 is 0 Å². The van der Waals surface area contributed by atoms with Crippen molar-refractivity contribution in [3.63, 3.8) is 0 Å². The smallest absolute Gasteiger partial charge is 0.0608 e. The predicted octanol–water partition coefficient (Wildman–Crippen LogP) is 2.92. The molecular formula is C14H27NOS. The number of thioether (sulfide) groups is 1. The minimum atomic E-state index is 0.722. The molecule has 4 atom stereocenters. The van der Waals surface area contributed by atoms with Crippen molar-refractivity contribution in [3.05, 3.63) is 0 Å². The lowest BCUT2D eigenvalue weighted by atomic mass is 9.80. The van der Waals surface area contributed by atoms with Gasteiger partial charge in [-0.15, -0.1) is 11.8 Å². The normalized spacial score (nSPS) is 39.0. The van der Waals surface area contributed by atoms with Crippen molar-refractivity contribution in [2.45, 2.75) is 56.6 Å². The molecule has 3 heteroatoms. The highest BCUT2D eigenvalue weighted by Crippen LogP contribution is 2.39. The van der Waals surface area contributed by atoms with Gasteiger partial charge in [-0.2, -0.15) is 0 Å². The van der Waals surface area contributed by atoms with E-state index in [2.05, 4.69) is 37.8 Å². The van der Waals surface area contributed by atoms with Gasteiger partial charge in [0.1, 0.15) is 0 Å². The first-order chi connectivity index (χ1) is 8.20. The molecule has 100 valence electrons. The maximum atomic E-state index is 5.31. The van der Waals surface area contributed by atoms with Crippen LogP contribution in [0.2, 0.25) is 0 Å². The van der Waals surface area contributed by atoms with E-state index in [-0.39, 0.29) is 0 Å². The van der Waals surface area contributed by atoms with Crippen LogP contribution in [0.15, 0.2) is 0 Å². The number of nitrogens with one attached hydrogen (secondary N) is 1. The number of ether oxygens (including phenoxy) is 1. The SMILES string of the molecule is CCCNC1CC(C)CC(C)C1SC1COC1. The fourth-order valence-electron chi connectivity index (χ4n) is 3.10. The molecule has 0 aromatic rings. The van der Waals surface area contributed by atoms with Crippen LogP contribution in [0.1, 0.15) is 40.0 Å². The van der Waals surface area contributed by atoms with Gasteiger partial charge in [-0.25, -0.2) is 0 Å². The van der Waals surface area contributed by atoms with Gasteiger partial charge in [-0.05, 0) is 37.6 Å². The molecule has 1 N–H and O–H groups in total. The van der Waals surface area contributed by atoms with E-state index >= 15 is 0 Å². The second kappa shape index (κ2) is 6.44. The maximum Gasteiger partial charge on any atom is 0.0608 e. The topological polar surface area (TPSA) is 21.3 Å². The lowest BCUT2D eigenvalue weighted by molar-refractivity contribution is 0.0447. The molecule has 1 aliphatic heterocycles. The molecule has 2 aliphatic rings. The zero-order chi connectivity index (χ0) is 12.3. The van der Waals surface area contributed by atoms with Crippen LogP contribution in [-0.4, -0.2) is 36.3 Å². The maximum absolute atomic E-state index is 5.31. The molecule has 1 saturated heterocycles. The van der Waals surface area contributed by atoms with Crippen LogP contribution in [-0.2, 0) is 4.74 Å². The van der Waals surface area contributed by atoms with Crippen molar-refractivity contribution >= 4 is 11.8 Å². The van der Waals surface area contributed by atoms with Gasteiger partial charge in [0.2, 0.25) is 0 Å². The first-order valence-electron chi connectivity index (χ1n) is 7.17. The lowest BCUT2D eigenvalue weighted by Gasteiger charge is -2.42. The molecule has 2 fully saturated rings. The highest BCUT2D eigenvalue weighted by molar-refractivity contribution is 8.00. The zero-order valence-electron chi connectivity index (χ0n) is 11.4. The molecule has 0 spiro atoms. The van der Waals surface area contributed by atoms with Crippen molar-refractivity contribution < 1.29 is 4.74 Å². The van der Waals surface area contributed by atoms with E-state index in [1.807, 2.05) is 0 Å². The van der Waals surface area contributed by atoms with Gasteiger partial charge in [-0.1, -0.05) is 20.8 Å². The monoisotopic (exact) mass is 257 g/mol. The van der Waals surface area contributed by atoms with E-state index in [0.717, 1.165) is 41.6 Å². The number of hydrogen-bond acceptors (Lipinski definition) is 3. The fraction of sp³-hybridized carbons (Fsp3) is 1.00. The molecule has 0 radical (unpaired) electrons. The summed E-state index contributed by atoms with van der Waals surface area (Å²) in [5, 5.41) is 5.34. The summed E-state index contributed by atoms with van der Waals surface area (Å²) in [4.78, 5) is 0. The predicted molar refractivity (Wildman–Crippen MR) is 75.6 cm³/mol. The van der Waals surface area contributed by atoms with Gasteiger partial charge in [0, 0.05) is 11.3 Å². The van der Waals surface area contributed by atoms with Gasteiger partial charge in [0.15, 0.2) is 0 Å².